The van der Waals surface area contributed by atoms with Gasteiger partial charge in [-0.05, 0) is 37.9 Å². The fourth-order valence-corrected chi connectivity index (χ4v) is 2.12. The SMILES string of the molecule is CC1CCN(CCc2cccnc2)CCN1. The monoisotopic (exact) mass is 219 g/mol. The van der Waals surface area contributed by atoms with E-state index in [1.807, 2.05) is 18.5 Å². The first-order valence-corrected chi connectivity index (χ1v) is 6.19. The van der Waals surface area contributed by atoms with Crippen LogP contribution >= 0.6 is 0 Å². The number of nitrogens with zero attached hydrogens (tertiary/aromatic N) is 2. The molecular weight excluding hydrogens is 198 g/mol. The van der Waals surface area contributed by atoms with Crippen LogP contribution in [0.5, 0.6) is 0 Å². The molecule has 0 saturated carbocycles. The van der Waals surface area contributed by atoms with Gasteiger partial charge >= 0.3 is 0 Å². The molecule has 1 aliphatic heterocycles. The van der Waals surface area contributed by atoms with E-state index >= 15 is 0 Å². The smallest absolute Gasteiger partial charge is 0.0300 e. The van der Waals surface area contributed by atoms with Gasteiger partial charge in [0.1, 0.15) is 0 Å². The average Bonchev–Trinajstić information content (AvgIpc) is 2.53. The van der Waals surface area contributed by atoms with Crippen molar-refractivity contribution in [2.45, 2.75) is 25.8 Å². The van der Waals surface area contributed by atoms with Crippen molar-refractivity contribution < 1.29 is 0 Å². The summed E-state index contributed by atoms with van der Waals surface area (Å²) in [4.78, 5) is 6.69. The lowest BCUT2D eigenvalue weighted by atomic mass is 10.2. The van der Waals surface area contributed by atoms with Crippen molar-refractivity contribution in [1.82, 2.24) is 15.2 Å². The van der Waals surface area contributed by atoms with Crippen LogP contribution in [0.2, 0.25) is 0 Å². The van der Waals surface area contributed by atoms with Gasteiger partial charge in [0.2, 0.25) is 0 Å². The minimum Gasteiger partial charge on any atom is -0.313 e. The highest BCUT2D eigenvalue weighted by molar-refractivity contribution is 5.08. The number of nitrogens with one attached hydrogen (secondary N) is 1. The first-order valence-electron chi connectivity index (χ1n) is 6.19. The molecule has 0 aromatic carbocycles. The van der Waals surface area contributed by atoms with E-state index in [2.05, 4.69) is 28.2 Å². The molecule has 0 radical (unpaired) electrons. The molecule has 1 aromatic rings. The molecule has 1 unspecified atom stereocenters. The molecule has 16 heavy (non-hydrogen) atoms. The minimum absolute atomic E-state index is 0.670. The number of hydrogen-bond acceptors (Lipinski definition) is 3. The van der Waals surface area contributed by atoms with Gasteiger partial charge in [-0.25, -0.2) is 0 Å². The third-order valence-electron chi connectivity index (χ3n) is 3.24. The summed E-state index contributed by atoms with van der Waals surface area (Å²) in [6, 6.07) is 4.84. The summed E-state index contributed by atoms with van der Waals surface area (Å²) >= 11 is 0. The number of aromatic nitrogens is 1. The highest BCUT2D eigenvalue weighted by Crippen LogP contribution is 2.04. The first-order chi connectivity index (χ1) is 7.84. The Morgan fingerprint density at radius 3 is 3.25 bits per heavy atom. The molecule has 2 heterocycles. The zero-order valence-corrected chi connectivity index (χ0v) is 10.0. The second kappa shape index (κ2) is 5.97. The molecule has 1 atom stereocenters. The summed E-state index contributed by atoms with van der Waals surface area (Å²) in [6.45, 7) is 6.93. The Labute approximate surface area is 97.9 Å². The van der Waals surface area contributed by atoms with Crippen molar-refractivity contribution in [3.05, 3.63) is 30.1 Å². The highest BCUT2D eigenvalue weighted by atomic mass is 15.2. The zero-order valence-electron chi connectivity index (χ0n) is 10.0. The van der Waals surface area contributed by atoms with Gasteiger partial charge in [0.05, 0.1) is 0 Å². The quantitative estimate of drug-likeness (QED) is 0.831. The van der Waals surface area contributed by atoms with E-state index in [0.717, 1.165) is 19.5 Å². The second-order valence-electron chi connectivity index (χ2n) is 4.60. The van der Waals surface area contributed by atoms with E-state index in [4.69, 9.17) is 0 Å². The number of hydrogen-bond donors (Lipinski definition) is 1. The van der Waals surface area contributed by atoms with Gasteiger partial charge in [0.25, 0.3) is 0 Å². The molecule has 2 rings (SSSR count). The van der Waals surface area contributed by atoms with Crippen LogP contribution in [-0.2, 0) is 6.42 Å². The molecule has 1 fully saturated rings. The standard InChI is InChI=1S/C13H21N3/c1-12-4-8-16(10-7-15-12)9-5-13-3-2-6-14-11-13/h2-3,6,11-12,15H,4-5,7-10H2,1H3. The van der Waals surface area contributed by atoms with Gasteiger partial charge in [-0.3, -0.25) is 4.98 Å². The lowest BCUT2D eigenvalue weighted by Gasteiger charge is -2.19. The molecule has 0 bridgehead atoms. The van der Waals surface area contributed by atoms with E-state index in [1.54, 1.807) is 0 Å². The molecule has 1 N–H and O–H groups in total. The van der Waals surface area contributed by atoms with Crippen LogP contribution in [0.4, 0.5) is 0 Å². The van der Waals surface area contributed by atoms with E-state index in [-0.39, 0.29) is 0 Å². The Kier molecular flexibility index (Phi) is 4.31. The maximum atomic E-state index is 4.15. The average molecular weight is 219 g/mol. The zero-order chi connectivity index (χ0) is 11.2. The summed E-state index contributed by atoms with van der Waals surface area (Å²) in [7, 11) is 0. The summed E-state index contributed by atoms with van der Waals surface area (Å²) < 4.78 is 0. The summed E-state index contributed by atoms with van der Waals surface area (Å²) in [5.74, 6) is 0. The number of rotatable bonds is 3. The van der Waals surface area contributed by atoms with E-state index < -0.39 is 0 Å². The van der Waals surface area contributed by atoms with Crippen LogP contribution in [0.25, 0.3) is 0 Å². The van der Waals surface area contributed by atoms with Crippen LogP contribution in [0.15, 0.2) is 24.5 Å². The molecule has 0 aliphatic carbocycles. The van der Waals surface area contributed by atoms with Crippen molar-refractivity contribution in [2.75, 3.05) is 26.2 Å². The van der Waals surface area contributed by atoms with Crippen LogP contribution in [0.3, 0.4) is 0 Å². The third-order valence-corrected chi connectivity index (χ3v) is 3.24. The molecule has 0 amide bonds. The molecule has 88 valence electrons. The summed E-state index contributed by atoms with van der Waals surface area (Å²) in [5.41, 5.74) is 1.34. The fraction of sp³-hybridized carbons (Fsp3) is 0.615. The lowest BCUT2D eigenvalue weighted by molar-refractivity contribution is 0.294. The van der Waals surface area contributed by atoms with E-state index in [0.29, 0.717) is 6.04 Å². The maximum Gasteiger partial charge on any atom is 0.0300 e. The third kappa shape index (κ3) is 3.58. The Balaban J connectivity index is 1.77. The number of pyridine rings is 1. The molecule has 0 spiro atoms. The van der Waals surface area contributed by atoms with Gasteiger partial charge in [-0.15, -0.1) is 0 Å². The van der Waals surface area contributed by atoms with Crippen LogP contribution in [0, 0.1) is 0 Å². The summed E-state index contributed by atoms with van der Waals surface area (Å²) in [6.07, 6.45) is 6.18. The largest absolute Gasteiger partial charge is 0.313 e. The molecule has 3 heteroatoms. The molecule has 1 aromatic heterocycles. The predicted octanol–water partition coefficient (Wildman–Crippen LogP) is 1.31. The van der Waals surface area contributed by atoms with Gasteiger partial charge in [-0.2, -0.15) is 0 Å². The Hall–Kier alpha value is -0.930. The van der Waals surface area contributed by atoms with Crippen LogP contribution in [-0.4, -0.2) is 42.1 Å². The Bertz CT molecular complexity index is 299. The topological polar surface area (TPSA) is 28.2 Å². The van der Waals surface area contributed by atoms with Crippen LogP contribution < -0.4 is 5.32 Å². The summed E-state index contributed by atoms with van der Waals surface area (Å²) in [5, 5.41) is 3.52. The minimum atomic E-state index is 0.670. The Morgan fingerprint density at radius 2 is 2.44 bits per heavy atom. The van der Waals surface area contributed by atoms with Crippen molar-refractivity contribution in [3.63, 3.8) is 0 Å². The van der Waals surface area contributed by atoms with Gasteiger partial charge < -0.3 is 10.2 Å². The molecule has 3 nitrogen and oxygen atoms in total. The molecule has 1 saturated heterocycles. The lowest BCUT2D eigenvalue weighted by Crippen LogP contribution is -2.30. The van der Waals surface area contributed by atoms with Gasteiger partial charge in [0, 0.05) is 38.1 Å². The second-order valence-corrected chi connectivity index (χ2v) is 4.60. The molecular formula is C13H21N3. The maximum absolute atomic E-state index is 4.15. The van der Waals surface area contributed by atoms with Crippen molar-refractivity contribution in [2.24, 2.45) is 0 Å². The predicted molar refractivity (Wildman–Crippen MR) is 66.5 cm³/mol. The van der Waals surface area contributed by atoms with Crippen molar-refractivity contribution >= 4 is 0 Å². The first kappa shape index (κ1) is 11.6. The normalized spacial score (nSPS) is 22.9. The fourth-order valence-electron chi connectivity index (χ4n) is 2.12. The van der Waals surface area contributed by atoms with Crippen molar-refractivity contribution in [1.29, 1.82) is 0 Å². The van der Waals surface area contributed by atoms with Crippen LogP contribution in [0.1, 0.15) is 18.9 Å². The van der Waals surface area contributed by atoms with Gasteiger partial charge in [0.15, 0.2) is 0 Å². The Morgan fingerprint density at radius 1 is 1.50 bits per heavy atom. The van der Waals surface area contributed by atoms with Crippen molar-refractivity contribution in [3.8, 4) is 0 Å². The van der Waals surface area contributed by atoms with Gasteiger partial charge in [-0.1, -0.05) is 6.07 Å². The van der Waals surface area contributed by atoms with E-state index in [9.17, 15) is 0 Å². The molecule has 1 aliphatic rings. The highest BCUT2D eigenvalue weighted by Gasteiger charge is 2.12. The van der Waals surface area contributed by atoms with E-state index in [1.165, 1.54) is 25.1 Å².